The molecule has 5 N–H and O–H groups in total. The van der Waals surface area contributed by atoms with Gasteiger partial charge in [-0.05, 0) is 43.2 Å². The molecular formula is C24H23N5O. The molecule has 150 valence electrons. The van der Waals surface area contributed by atoms with E-state index in [0.29, 0.717) is 11.0 Å². The Morgan fingerprint density at radius 2 is 1.63 bits per heavy atom. The van der Waals surface area contributed by atoms with Crippen molar-refractivity contribution >= 4 is 17.1 Å². The first-order valence-electron chi connectivity index (χ1n) is 9.62. The lowest BCUT2D eigenvalue weighted by atomic mass is 9.92. The smallest absolute Gasteiger partial charge is 0.325 e. The van der Waals surface area contributed by atoms with Crippen molar-refractivity contribution in [3.05, 3.63) is 83.8 Å². The zero-order valence-corrected chi connectivity index (χ0v) is 16.9. The molecule has 0 fully saturated rings. The van der Waals surface area contributed by atoms with Gasteiger partial charge in [-0.2, -0.15) is 0 Å². The molecule has 2 heterocycles. The second-order valence-corrected chi connectivity index (χ2v) is 7.85. The molecule has 6 nitrogen and oxygen atoms in total. The van der Waals surface area contributed by atoms with Crippen LogP contribution >= 0.6 is 0 Å². The van der Waals surface area contributed by atoms with Crippen LogP contribution in [-0.2, 0) is 5.54 Å². The van der Waals surface area contributed by atoms with E-state index in [2.05, 4.69) is 0 Å². The highest BCUT2D eigenvalue weighted by atomic mass is 16.2. The predicted octanol–water partition coefficient (Wildman–Crippen LogP) is 3.97. The van der Waals surface area contributed by atoms with Gasteiger partial charge in [-0.15, -0.1) is 0 Å². The summed E-state index contributed by atoms with van der Waals surface area (Å²) < 4.78 is 1.17. The molecule has 0 radical (unpaired) electrons. The third-order valence-electron chi connectivity index (χ3n) is 5.12. The Hall–Kier alpha value is -3.77. The van der Waals surface area contributed by atoms with Crippen LogP contribution in [-0.4, -0.2) is 15.6 Å². The summed E-state index contributed by atoms with van der Waals surface area (Å²) in [6, 6.07) is 22.3. The molecule has 0 saturated carbocycles. The van der Waals surface area contributed by atoms with Gasteiger partial charge in [0.2, 0.25) is 0 Å². The number of benzene rings is 2. The molecule has 0 unspecified atom stereocenters. The molecule has 0 spiro atoms. The van der Waals surface area contributed by atoms with E-state index in [-0.39, 0.29) is 5.49 Å². The van der Waals surface area contributed by atoms with Crippen molar-refractivity contribution in [1.29, 1.82) is 5.41 Å². The first kappa shape index (κ1) is 19.5. The number of carbonyl (C=O) groups excluding carboxylic acids is 1. The highest BCUT2D eigenvalue weighted by Gasteiger charge is 2.17. The fraction of sp³-hybridized carbons (Fsp3) is 0.125. The van der Waals surface area contributed by atoms with Crippen LogP contribution in [0.5, 0.6) is 0 Å². The molecular weight excluding hydrogens is 374 g/mol. The van der Waals surface area contributed by atoms with Crippen molar-refractivity contribution in [3.8, 4) is 22.4 Å². The number of nitrogens with two attached hydrogens (primary N) is 2. The second kappa shape index (κ2) is 7.24. The predicted molar refractivity (Wildman–Crippen MR) is 119 cm³/mol. The van der Waals surface area contributed by atoms with E-state index < -0.39 is 11.6 Å². The van der Waals surface area contributed by atoms with Gasteiger partial charge in [0.05, 0.1) is 16.7 Å². The normalized spacial score (nSPS) is 11.6. The molecule has 1 amide bonds. The molecule has 4 rings (SSSR count). The number of primary amides is 1. The molecule has 0 bridgehead atoms. The third kappa shape index (κ3) is 3.49. The Balaban J connectivity index is 2.02. The largest absolute Gasteiger partial charge is 0.351 e. The summed E-state index contributed by atoms with van der Waals surface area (Å²) in [5.74, 6) is 0. The number of nitrogens with one attached hydrogen (secondary N) is 1. The SMILES string of the molecule is CC(C)(N)c1ccc(-c2nc3ccc(=N)n(C(N)=O)c3cc2-c2ccccc2)cc1. The van der Waals surface area contributed by atoms with Crippen LogP contribution in [0.3, 0.4) is 0 Å². The molecule has 2 aromatic heterocycles. The Bertz CT molecular complexity index is 1300. The Labute approximate surface area is 174 Å². The zero-order chi connectivity index (χ0) is 21.5. The van der Waals surface area contributed by atoms with Gasteiger partial charge < -0.3 is 11.5 Å². The van der Waals surface area contributed by atoms with Crippen LogP contribution in [0.2, 0.25) is 0 Å². The van der Waals surface area contributed by atoms with Gasteiger partial charge in [-0.1, -0.05) is 54.6 Å². The number of fused-ring (bicyclic) bond motifs is 1. The highest BCUT2D eigenvalue weighted by molar-refractivity contribution is 5.94. The zero-order valence-electron chi connectivity index (χ0n) is 16.9. The van der Waals surface area contributed by atoms with E-state index >= 15 is 0 Å². The fourth-order valence-corrected chi connectivity index (χ4v) is 3.53. The van der Waals surface area contributed by atoms with Crippen LogP contribution in [0.15, 0.2) is 72.8 Å². The van der Waals surface area contributed by atoms with E-state index in [1.807, 2.05) is 74.5 Å². The van der Waals surface area contributed by atoms with Gasteiger partial charge in [0.15, 0.2) is 0 Å². The maximum Gasteiger partial charge on any atom is 0.325 e. The van der Waals surface area contributed by atoms with Crippen LogP contribution in [0, 0.1) is 5.41 Å². The van der Waals surface area contributed by atoms with Crippen LogP contribution in [0.4, 0.5) is 4.79 Å². The van der Waals surface area contributed by atoms with E-state index in [0.717, 1.165) is 27.9 Å². The lowest BCUT2D eigenvalue weighted by Crippen LogP contribution is -2.31. The van der Waals surface area contributed by atoms with Gasteiger partial charge in [0.25, 0.3) is 0 Å². The summed E-state index contributed by atoms with van der Waals surface area (Å²) in [5.41, 5.74) is 17.0. The summed E-state index contributed by atoms with van der Waals surface area (Å²) in [5, 5.41) is 8.08. The summed E-state index contributed by atoms with van der Waals surface area (Å²) in [4.78, 5) is 16.9. The number of rotatable bonds is 3. The number of hydrogen-bond donors (Lipinski definition) is 3. The van der Waals surface area contributed by atoms with Gasteiger partial charge in [0.1, 0.15) is 5.49 Å². The average Bonchev–Trinajstić information content (AvgIpc) is 2.72. The van der Waals surface area contributed by atoms with Crippen LogP contribution in [0.25, 0.3) is 33.4 Å². The molecule has 0 aliphatic heterocycles. The van der Waals surface area contributed by atoms with Crippen LogP contribution in [0.1, 0.15) is 19.4 Å². The molecule has 4 aromatic rings. The Kier molecular flexibility index (Phi) is 4.72. The number of pyridine rings is 2. The molecule has 0 atom stereocenters. The van der Waals surface area contributed by atoms with E-state index in [9.17, 15) is 4.79 Å². The third-order valence-corrected chi connectivity index (χ3v) is 5.12. The number of aromatic nitrogens is 2. The fourth-order valence-electron chi connectivity index (χ4n) is 3.53. The van der Waals surface area contributed by atoms with Gasteiger partial charge in [-0.3, -0.25) is 5.41 Å². The number of nitrogens with zero attached hydrogens (tertiary/aromatic N) is 2. The molecule has 0 aliphatic rings. The number of hydrogen-bond acceptors (Lipinski definition) is 4. The van der Waals surface area contributed by atoms with Gasteiger partial charge >= 0.3 is 6.03 Å². The van der Waals surface area contributed by atoms with Crippen molar-refractivity contribution < 1.29 is 4.79 Å². The number of amides is 1. The lowest BCUT2D eigenvalue weighted by Gasteiger charge is -2.20. The standard InChI is InChI=1S/C24H23N5O/c1-24(2,27)17-10-8-16(9-11-17)22-18(15-6-4-3-5-7-15)14-20-19(28-22)12-13-21(25)29(20)23(26)30/h3-14,25H,27H2,1-2H3,(H2,26,30). The van der Waals surface area contributed by atoms with E-state index in [4.69, 9.17) is 21.9 Å². The monoisotopic (exact) mass is 397 g/mol. The topological polar surface area (TPSA) is 111 Å². The minimum Gasteiger partial charge on any atom is -0.351 e. The second-order valence-electron chi connectivity index (χ2n) is 7.85. The van der Waals surface area contributed by atoms with Crippen molar-refractivity contribution in [3.63, 3.8) is 0 Å². The molecule has 2 aromatic carbocycles. The first-order valence-corrected chi connectivity index (χ1v) is 9.62. The van der Waals surface area contributed by atoms with E-state index in [1.54, 1.807) is 6.07 Å². The molecule has 6 heteroatoms. The maximum atomic E-state index is 12.0. The Morgan fingerprint density at radius 3 is 2.23 bits per heavy atom. The van der Waals surface area contributed by atoms with Gasteiger partial charge in [-0.25, -0.2) is 14.3 Å². The molecule has 0 aliphatic carbocycles. The van der Waals surface area contributed by atoms with Crippen molar-refractivity contribution in [2.75, 3.05) is 0 Å². The average molecular weight is 397 g/mol. The first-order chi connectivity index (χ1) is 14.3. The quantitative estimate of drug-likeness (QED) is 0.486. The van der Waals surface area contributed by atoms with E-state index in [1.165, 1.54) is 10.6 Å². The van der Waals surface area contributed by atoms with Gasteiger partial charge in [0, 0.05) is 16.7 Å². The van der Waals surface area contributed by atoms with Crippen molar-refractivity contribution in [2.45, 2.75) is 19.4 Å². The summed E-state index contributed by atoms with van der Waals surface area (Å²) >= 11 is 0. The molecule has 0 saturated heterocycles. The van der Waals surface area contributed by atoms with Crippen molar-refractivity contribution in [2.24, 2.45) is 11.5 Å². The highest BCUT2D eigenvalue weighted by Crippen LogP contribution is 2.33. The molecule has 30 heavy (non-hydrogen) atoms. The number of carbonyl (C=O) groups is 1. The minimum atomic E-state index is -0.714. The Morgan fingerprint density at radius 1 is 0.967 bits per heavy atom. The summed E-state index contributed by atoms with van der Waals surface area (Å²) in [6.07, 6.45) is 0. The summed E-state index contributed by atoms with van der Waals surface area (Å²) in [6.45, 7) is 3.93. The lowest BCUT2D eigenvalue weighted by molar-refractivity contribution is 0.250. The van der Waals surface area contributed by atoms with Crippen molar-refractivity contribution in [1.82, 2.24) is 9.55 Å². The minimum absolute atomic E-state index is 0.0121. The maximum absolute atomic E-state index is 12.0. The summed E-state index contributed by atoms with van der Waals surface area (Å²) in [7, 11) is 0. The van der Waals surface area contributed by atoms with Crippen LogP contribution < -0.4 is 17.0 Å².